The van der Waals surface area contributed by atoms with Crippen molar-refractivity contribution in [2.45, 2.75) is 19.9 Å². The summed E-state index contributed by atoms with van der Waals surface area (Å²) in [6, 6.07) is 14.5. The van der Waals surface area contributed by atoms with Gasteiger partial charge in [-0.25, -0.2) is 0 Å². The standard InChI is InChI=1S/C18H19N3/c1-3-19-18(16-13(2)7-5-11-20-16)15-10-4-8-14-9-6-12-21-17(14)15/h4-12,18-19H,3H2,1-2H3. The van der Waals surface area contributed by atoms with Gasteiger partial charge in [0.05, 0.1) is 17.3 Å². The van der Waals surface area contributed by atoms with E-state index < -0.39 is 0 Å². The third kappa shape index (κ3) is 2.65. The SMILES string of the molecule is CCNC(c1ncccc1C)c1cccc2cccnc12. The van der Waals surface area contributed by atoms with E-state index in [0.717, 1.165) is 23.1 Å². The zero-order chi connectivity index (χ0) is 14.7. The number of pyridine rings is 2. The van der Waals surface area contributed by atoms with E-state index in [2.05, 4.69) is 59.5 Å². The van der Waals surface area contributed by atoms with E-state index in [1.165, 1.54) is 11.1 Å². The van der Waals surface area contributed by atoms with Crippen molar-refractivity contribution in [3.63, 3.8) is 0 Å². The molecular weight excluding hydrogens is 258 g/mol. The molecule has 1 atom stereocenters. The van der Waals surface area contributed by atoms with Gasteiger partial charge in [-0.1, -0.05) is 37.3 Å². The Labute approximate surface area is 125 Å². The molecule has 3 heteroatoms. The number of nitrogens with one attached hydrogen (secondary N) is 1. The van der Waals surface area contributed by atoms with Crippen LogP contribution in [0.2, 0.25) is 0 Å². The lowest BCUT2D eigenvalue weighted by Crippen LogP contribution is -2.24. The fourth-order valence-electron chi connectivity index (χ4n) is 2.72. The van der Waals surface area contributed by atoms with Crippen molar-refractivity contribution in [3.05, 3.63) is 71.7 Å². The van der Waals surface area contributed by atoms with E-state index in [-0.39, 0.29) is 6.04 Å². The number of aryl methyl sites for hydroxylation is 1. The highest BCUT2D eigenvalue weighted by Crippen LogP contribution is 2.28. The van der Waals surface area contributed by atoms with Crippen molar-refractivity contribution in [2.24, 2.45) is 0 Å². The van der Waals surface area contributed by atoms with E-state index in [4.69, 9.17) is 0 Å². The van der Waals surface area contributed by atoms with Crippen LogP contribution in [0.25, 0.3) is 10.9 Å². The Morgan fingerprint density at radius 1 is 1.00 bits per heavy atom. The van der Waals surface area contributed by atoms with Crippen molar-refractivity contribution < 1.29 is 0 Å². The smallest absolute Gasteiger partial charge is 0.0775 e. The first kappa shape index (κ1) is 13.7. The fraction of sp³-hybridized carbons (Fsp3) is 0.222. The average molecular weight is 277 g/mol. The quantitative estimate of drug-likeness (QED) is 0.791. The molecule has 0 amide bonds. The molecule has 0 saturated heterocycles. The van der Waals surface area contributed by atoms with Crippen LogP contribution in [0.3, 0.4) is 0 Å². The maximum absolute atomic E-state index is 4.59. The van der Waals surface area contributed by atoms with Gasteiger partial charge in [0.1, 0.15) is 0 Å². The highest BCUT2D eigenvalue weighted by Gasteiger charge is 2.19. The Balaban J connectivity index is 2.19. The number of para-hydroxylation sites is 1. The van der Waals surface area contributed by atoms with Crippen LogP contribution in [0.4, 0.5) is 0 Å². The van der Waals surface area contributed by atoms with Gasteiger partial charge >= 0.3 is 0 Å². The Morgan fingerprint density at radius 2 is 1.76 bits per heavy atom. The minimum atomic E-state index is 0.0646. The number of nitrogens with zero attached hydrogens (tertiary/aromatic N) is 2. The fourth-order valence-corrected chi connectivity index (χ4v) is 2.72. The van der Waals surface area contributed by atoms with Crippen LogP contribution >= 0.6 is 0 Å². The van der Waals surface area contributed by atoms with Crippen molar-refractivity contribution in [3.8, 4) is 0 Å². The summed E-state index contributed by atoms with van der Waals surface area (Å²) >= 11 is 0. The van der Waals surface area contributed by atoms with E-state index in [0.29, 0.717) is 0 Å². The topological polar surface area (TPSA) is 37.8 Å². The molecule has 1 unspecified atom stereocenters. The van der Waals surface area contributed by atoms with Crippen LogP contribution in [0.1, 0.15) is 29.8 Å². The summed E-state index contributed by atoms with van der Waals surface area (Å²) in [5.74, 6) is 0. The molecule has 0 bridgehead atoms. The van der Waals surface area contributed by atoms with Crippen LogP contribution < -0.4 is 5.32 Å². The number of benzene rings is 1. The number of aromatic nitrogens is 2. The highest BCUT2D eigenvalue weighted by atomic mass is 14.9. The molecule has 3 nitrogen and oxygen atoms in total. The largest absolute Gasteiger partial charge is 0.305 e. The first-order valence-corrected chi connectivity index (χ1v) is 7.29. The number of rotatable bonds is 4. The average Bonchev–Trinajstić information content (AvgIpc) is 2.53. The van der Waals surface area contributed by atoms with Gasteiger partial charge in [-0.15, -0.1) is 0 Å². The Bertz CT molecular complexity index is 747. The highest BCUT2D eigenvalue weighted by molar-refractivity contribution is 5.82. The molecule has 0 fully saturated rings. The summed E-state index contributed by atoms with van der Waals surface area (Å²) in [5, 5.41) is 4.70. The normalized spacial score (nSPS) is 12.5. The summed E-state index contributed by atoms with van der Waals surface area (Å²) in [6.07, 6.45) is 3.70. The molecule has 2 aromatic heterocycles. The number of fused-ring (bicyclic) bond motifs is 1. The minimum Gasteiger partial charge on any atom is -0.305 e. The van der Waals surface area contributed by atoms with E-state index >= 15 is 0 Å². The van der Waals surface area contributed by atoms with Gasteiger partial charge in [0.25, 0.3) is 0 Å². The van der Waals surface area contributed by atoms with Gasteiger partial charge in [0.2, 0.25) is 0 Å². The Morgan fingerprint density at radius 3 is 2.57 bits per heavy atom. The van der Waals surface area contributed by atoms with Crippen LogP contribution in [0.5, 0.6) is 0 Å². The molecule has 21 heavy (non-hydrogen) atoms. The predicted molar refractivity (Wildman–Crippen MR) is 86.2 cm³/mol. The molecule has 0 aliphatic carbocycles. The lowest BCUT2D eigenvalue weighted by molar-refractivity contribution is 0.615. The molecule has 106 valence electrons. The molecule has 3 aromatic rings. The number of hydrogen-bond donors (Lipinski definition) is 1. The van der Waals surface area contributed by atoms with Gasteiger partial charge in [0, 0.05) is 23.3 Å². The van der Waals surface area contributed by atoms with Crippen LogP contribution in [-0.4, -0.2) is 16.5 Å². The van der Waals surface area contributed by atoms with Crippen LogP contribution in [0, 0.1) is 6.92 Å². The van der Waals surface area contributed by atoms with Gasteiger partial charge in [0.15, 0.2) is 0 Å². The summed E-state index contributed by atoms with van der Waals surface area (Å²) in [5.41, 5.74) is 4.47. The van der Waals surface area contributed by atoms with Crippen molar-refractivity contribution in [1.82, 2.24) is 15.3 Å². The molecule has 0 aliphatic heterocycles. The molecule has 2 heterocycles. The molecule has 1 N–H and O–H groups in total. The first-order valence-electron chi connectivity index (χ1n) is 7.29. The second-order valence-electron chi connectivity index (χ2n) is 5.12. The van der Waals surface area contributed by atoms with Crippen LogP contribution in [0.15, 0.2) is 54.9 Å². The molecule has 0 saturated carbocycles. The minimum absolute atomic E-state index is 0.0646. The predicted octanol–water partition coefficient (Wildman–Crippen LogP) is 3.64. The summed E-state index contributed by atoms with van der Waals surface area (Å²) in [6.45, 7) is 5.10. The van der Waals surface area contributed by atoms with E-state index in [1.54, 1.807) is 0 Å². The zero-order valence-corrected chi connectivity index (χ0v) is 12.4. The molecule has 1 aromatic carbocycles. The summed E-state index contributed by atoms with van der Waals surface area (Å²) in [4.78, 5) is 9.16. The molecule has 0 radical (unpaired) electrons. The second-order valence-corrected chi connectivity index (χ2v) is 5.12. The molecule has 0 aliphatic rings. The first-order chi connectivity index (χ1) is 10.3. The maximum atomic E-state index is 4.59. The maximum Gasteiger partial charge on any atom is 0.0775 e. The molecule has 0 spiro atoms. The van der Waals surface area contributed by atoms with Gasteiger partial charge in [-0.2, -0.15) is 0 Å². The van der Waals surface area contributed by atoms with Gasteiger partial charge in [-0.3, -0.25) is 9.97 Å². The Hall–Kier alpha value is -2.26. The van der Waals surface area contributed by atoms with Crippen LogP contribution in [-0.2, 0) is 0 Å². The number of hydrogen-bond acceptors (Lipinski definition) is 3. The third-order valence-electron chi connectivity index (χ3n) is 3.71. The Kier molecular flexibility index (Phi) is 3.93. The van der Waals surface area contributed by atoms with Crippen molar-refractivity contribution in [2.75, 3.05) is 6.54 Å². The molecule has 3 rings (SSSR count). The summed E-state index contributed by atoms with van der Waals surface area (Å²) < 4.78 is 0. The van der Waals surface area contributed by atoms with Gasteiger partial charge in [-0.05, 0) is 31.2 Å². The lowest BCUT2D eigenvalue weighted by atomic mass is 9.97. The zero-order valence-electron chi connectivity index (χ0n) is 12.4. The lowest BCUT2D eigenvalue weighted by Gasteiger charge is -2.20. The van der Waals surface area contributed by atoms with Crippen molar-refractivity contribution >= 4 is 10.9 Å². The monoisotopic (exact) mass is 277 g/mol. The van der Waals surface area contributed by atoms with E-state index in [1.807, 2.05) is 24.5 Å². The summed E-state index contributed by atoms with van der Waals surface area (Å²) in [7, 11) is 0. The van der Waals surface area contributed by atoms with Gasteiger partial charge < -0.3 is 5.32 Å². The third-order valence-corrected chi connectivity index (χ3v) is 3.71. The second kappa shape index (κ2) is 6.02. The van der Waals surface area contributed by atoms with Crippen molar-refractivity contribution in [1.29, 1.82) is 0 Å². The van der Waals surface area contributed by atoms with E-state index in [9.17, 15) is 0 Å². The molecular formula is C18H19N3.